The summed E-state index contributed by atoms with van der Waals surface area (Å²) in [6.45, 7) is 8.42. The molecule has 0 amide bonds. The minimum absolute atomic E-state index is 0.632. The molecule has 0 radical (unpaired) electrons. The largest absolute Gasteiger partial charge is 0.365 e. The minimum Gasteiger partial charge on any atom is -0.365 e. The molecule has 2 fully saturated rings. The molecule has 19 heavy (non-hydrogen) atoms. The molecule has 3 rings (SSSR count). The third-order valence-corrected chi connectivity index (χ3v) is 5.33. The summed E-state index contributed by atoms with van der Waals surface area (Å²) in [4.78, 5) is 5.35. The number of hydrogen-bond acceptors (Lipinski definition) is 2. The van der Waals surface area contributed by atoms with Gasteiger partial charge in [0.1, 0.15) is 0 Å². The molecule has 2 atom stereocenters. The molecule has 104 valence electrons. The minimum atomic E-state index is 0.632. The van der Waals surface area contributed by atoms with Crippen molar-refractivity contribution in [2.24, 2.45) is 5.92 Å². The second-order valence-electron chi connectivity index (χ2n) is 6.21. The van der Waals surface area contributed by atoms with Gasteiger partial charge in [-0.25, -0.2) is 0 Å². The van der Waals surface area contributed by atoms with Gasteiger partial charge in [-0.2, -0.15) is 0 Å². The Kier molecular flexibility index (Phi) is 3.86. The van der Waals surface area contributed by atoms with Gasteiger partial charge in [-0.3, -0.25) is 4.90 Å². The molecule has 1 aromatic rings. The van der Waals surface area contributed by atoms with Crippen LogP contribution in [0.15, 0.2) is 28.7 Å². The van der Waals surface area contributed by atoms with Gasteiger partial charge in [-0.15, -0.1) is 0 Å². The van der Waals surface area contributed by atoms with Gasteiger partial charge in [0.2, 0.25) is 0 Å². The standard InChI is InChI=1S/C16H23BrN2/c1-12(2)16-11-18-9-5-6-13(18)10-19(16)15-8-4-3-7-14(15)17/h3-4,7-8,12-13,16H,5-6,9-11H2,1-2H3. The number of piperazine rings is 1. The van der Waals surface area contributed by atoms with E-state index in [1.165, 1.54) is 42.6 Å². The first kappa shape index (κ1) is 13.4. The lowest BCUT2D eigenvalue weighted by atomic mass is 9.96. The number of rotatable bonds is 2. The summed E-state index contributed by atoms with van der Waals surface area (Å²) in [5.74, 6) is 0.689. The highest BCUT2D eigenvalue weighted by Crippen LogP contribution is 2.34. The first-order valence-corrected chi connectivity index (χ1v) is 8.21. The molecule has 2 aliphatic rings. The zero-order valence-corrected chi connectivity index (χ0v) is 13.4. The molecule has 0 spiro atoms. The van der Waals surface area contributed by atoms with Crippen LogP contribution in [0.25, 0.3) is 0 Å². The molecule has 1 aromatic carbocycles. The SMILES string of the molecule is CC(C)C1CN2CCCC2CN1c1ccccc1Br. The number of benzene rings is 1. The molecule has 2 unspecified atom stereocenters. The average molecular weight is 323 g/mol. The van der Waals surface area contributed by atoms with Crippen molar-refractivity contribution < 1.29 is 0 Å². The smallest absolute Gasteiger partial charge is 0.0514 e. The molecule has 2 nitrogen and oxygen atoms in total. The fourth-order valence-corrected chi connectivity index (χ4v) is 4.09. The second-order valence-corrected chi connectivity index (χ2v) is 7.06. The molecule has 3 heteroatoms. The van der Waals surface area contributed by atoms with Gasteiger partial charge >= 0.3 is 0 Å². The van der Waals surface area contributed by atoms with Gasteiger partial charge in [0.05, 0.1) is 5.69 Å². The Morgan fingerprint density at radius 3 is 2.74 bits per heavy atom. The highest BCUT2D eigenvalue weighted by molar-refractivity contribution is 9.10. The maximum absolute atomic E-state index is 3.73. The van der Waals surface area contributed by atoms with E-state index < -0.39 is 0 Å². The van der Waals surface area contributed by atoms with Crippen molar-refractivity contribution in [3.8, 4) is 0 Å². The quantitative estimate of drug-likeness (QED) is 0.818. The Labute approximate surface area is 124 Å². The monoisotopic (exact) mass is 322 g/mol. The molecule has 2 heterocycles. The molecule has 0 saturated carbocycles. The lowest BCUT2D eigenvalue weighted by Gasteiger charge is -2.47. The summed E-state index contributed by atoms with van der Waals surface area (Å²) < 4.78 is 1.23. The molecule has 0 aromatic heterocycles. The van der Waals surface area contributed by atoms with Crippen LogP contribution in [0, 0.1) is 5.92 Å². The van der Waals surface area contributed by atoms with E-state index in [1.807, 2.05) is 0 Å². The number of halogens is 1. The van der Waals surface area contributed by atoms with E-state index in [2.05, 4.69) is 63.8 Å². The summed E-state index contributed by atoms with van der Waals surface area (Å²) in [6, 6.07) is 10.1. The van der Waals surface area contributed by atoms with Crippen molar-refractivity contribution in [2.75, 3.05) is 24.5 Å². The van der Waals surface area contributed by atoms with Crippen molar-refractivity contribution in [2.45, 2.75) is 38.8 Å². The van der Waals surface area contributed by atoms with E-state index in [0.717, 1.165) is 6.04 Å². The maximum atomic E-state index is 3.73. The van der Waals surface area contributed by atoms with Gasteiger partial charge in [-0.05, 0) is 53.4 Å². The average Bonchev–Trinajstić information content (AvgIpc) is 2.85. The zero-order valence-electron chi connectivity index (χ0n) is 11.8. The van der Waals surface area contributed by atoms with Crippen molar-refractivity contribution in [1.82, 2.24) is 4.90 Å². The van der Waals surface area contributed by atoms with Crippen molar-refractivity contribution in [3.05, 3.63) is 28.7 Å². The highest BCUT2D eigenvalue weighted by Gasteiger charge is 2.37. The first-order valence-electron chi connectivity index (χ1n) is 7.42. The summed E-state index contributed by atoms with van der Waals surface area (Å²) in [7, 11) is 0. The van der Waals surface area contributed by atoms with Crippen LogP contribution >= 0.6 is 15.9 Å². The van der Waals surface area contributed by atoms with E-state index in [4.69, 9.17) is 0 Å². The number of fused-ring (bicyclic) bond motifs is 1. The Morgan fingerprint density at radius 1 is 1.21 bits per heavy atom. The maximum Gasteiger partial charge on any atom is 0.0514 e. The number of anilines is 1. The van der Waals surface area contributed by atoms with E-state index in [9.17, 15) is 0 Å². The topological polar surface area (TPSA) is 6.48 Å². The Morgan fingerprint density at radius 2 is 2.00 bits per heavy atom. The van der Waals surface area contributed by atoms with Crippen LogP contribution in [-0.4, -0.2) is 36.6 Å². The third kappa shape index (κ3) is 2.55. The van der Waals surface area contributed by atoms with Crippen LogP contribution in [-0.2, 0) is 0 Å². The Hall–Kier alpha value is -0.540. The third-order valence-electron chi connectivity index (χ3n) is 4.66. The molecule has 2 aliphatic heterocycles. The number of hydrogen-bond donors (Lipinski definition) is 0. The molecular formula is C16H23BrN2. The van der Waals surface area contributed by atoms with Crippen molar-refractivity contribution in [3.63, 3.8) is 0 Å². The van der Waals surface area contributed by atoms with Gasteiger partial charge in [-0.1, -0.05) is 26.0 Å². The molecule has 2 saturated heterocycles. The van der Waals surface area contributed by atoms with Gasteiger partial charge < -0.3 is 4.90 Å². The molecular weight excluding hydrogens is 300 g/mol. The van der Waals surface area contributed by atoms with Crippen LogP contribution in [0.5, 0.6) is 0 Å². The second kappa shape index (κ2) is 5.45. The van der Waals surface area contributed by atoms with Gasteiger partial charge in [0.25, 0.3) is 0 Å². The van der Waals surface area contributed by atoms with E-state index in [0.29, 0.717) is 12.0 Å². The number of nitrogens with zero attached hydrogens (tertiary/aromatic N) is 2. The van der Waals surface area contributed by atoms with Gasteiger partial charge in [0.15, 0.2) is 0 Å². The lowest BCUT2D eigenvalue weighted by molar-refractivity contribution is 0.176. The Balaban J connectivity index is 1.90. The molecule has 0 aliphatic carbocycles. The normalized spacial score (nSPS) is 27.9. The van der Waals surface area contributed by atoms with Crippen molar-refractivity contribution >= 4 is 21.6 Å². The van der Waals surface area contributed by atoms with Crippen LogP contribution in [0.1, 0.15) is 26.7 Å². The zero-order chi connectivity index (χ0) is 13.4. The van der Waals surface area contributed by atoms with E-state index in [-0.39, 0.29) is 0 Å². The predicted molar refractivity (Wildman–Crippen MR) is 84.7 cm³/mol. The summed E-state index contributed by atoms with van der Waals surface area (Å²) >= 11 is 3.73. The van der Waals surface area contributed by atoms with Crippen LogP contribution < -0.4 is 4.90 Å². The van der Waals surface area contributed by atoms with Crippen molar-refractivity contribution in [1.29, 1.82) is 0 Å². The fraction of sp³-hybridized carbons (Fsp3) is 0.625. The van der Waals surface area contributed by atoms with E-state index in [1.54, 1.807) is 0 Å². The molecule has 0 N–H and O–H groups in total. The van der Waals surface area contributed by atoms with Crippen LogP contribution in [0.4, 0.5) is 5.69 Å². The summed E-state index contributed by atoms with van der Waals surface area (Å²) in [6.07, 6.45) is 2.74. The molecule has 0 bridgehead atoms. The lowest BCUT2D eigenvalue weighted by Crippen LogP contribution is -2.58. The summed E-state index contributed by atoms with van der Waals surface area (Å²) in [5, 5.41) is 0. The predicted octanol–water partition coefficient (Wildman–Crippen LogP) is 3.76. The Bertz CT molecular complexity index is 446. The van der Waals surface area contributed by atoms with Gasteiger partial charge in [0, 0.05) is 29.6 Å². The fourth-order valence-electron chi connectivity index (χ4n) is 3.58. The first-order chi connectivity index (χ1) is 9.16. The van der Waals surface area contributed by atoms with Crippen LogP contribution in [0.2, 0.25) is 0 Å². The highest BCUT2D eigenvalue weighted by atomic mass is 79.9. The van der Waals surface area contributed by atoms with Crippen LogP contribution in [0.3, 0.4) is 0 Å². The van der Waals surface area contributed by atoms with E-state index >= 15 is 0 Å². The summed E-state index contributed by atoms with van der Waals surface area (Å²) in [5.41, 5.74) is 1.37. The number of para-hydroxylation sites is 1.